The predicted molar refractivity (Wildman–Crippen MR) is 81.7 cm³/mol. The third kappa shape index (κ3) is 4.51. The van der Waals surface area contributed by atoms with E-state index in [9.17, 15) is 10.1 Å². The molecule has 6 nitrogen and oxygen atoms in total. The summed E-state index contributed by atoms with van der Waals surface area (Å²) in [5, 5.41) is 17.0. The number of hydrogen-bond acceptors (Lipinski definition) is 6. The Morgan fingerprint density at radius 1 is 1.43 bits per heavy atom. The Labute approximate surface area is 126 Å². The van der Waals surface area contributed by atoms with Crippen LogP contribution in [-0.2, 0) is 0 Å². The zero-order chi connectivity index (χ0) is 15.1. The molecule has 1 aromatic heterocycles. The SMILES string of the molecule is CCC(NCCOc1ccc([N+](=O)[O-])cc1)c1nccs1. The summed E-state index contributed by atoms with van der Waals surface area (Å²) in [7, 11) is 0. The van der Waals surface area contributed by atoms with Crippen LogP contribution < -0.4 is 10.1 Å². The molecule has 0 saturated carbocycles. The molecule has 1 unspecified atom stereocenters. The van der Waals surface area contributed by atoms with Crippen LogP contribution in [0.15, 0.2) is 35.8 Å². The van der Waals surface area contributed by atoms with Gasteiger partial charge in [0.25, 0.3) is 5.69 Å². The molecule has 0 saturated heterocycles. The van der Waals surface area contributed by atoms with Crippen molar-refractivity contribution in [1.82, 2.24) is 10.3 Å². The predicted octanol–water partition coefficient (Wildman–Crippen LogP) is 3.17. The summed E-state index contributed by atoms with van der Waals surface area (Å²) in [6.07, 6.45) is 2.77. The van der Waals surface area contributed by atoms with Gasteiger partial charge in [-0.3, -0.25) is 10.1 Å². The first-order valence-corrected chi connectivity index (χ1v) is 7.58. The smallest absolute Gasteiger partial charge is 0.269 e. The summed E-state index contributed by atoms with van der Waals surface area (Å²) in [5.41, 5.74) is 0.0651. The summed E-state index contributed by atoms with van der Waals surface area (Å²) in [6, 6.07) is 6.33. The van der Waals surface area contributed by atoms with Crippen LogP contribution in [0.2, 0.25) is 0 Å². The van der Waals surface area contributed by atoms with E-state index in [0.29, 0.717) is 18.9 Å². The Balaban J connectivity index is 1.75. The van der Waals surface area contributed by atoms with Crippen molar-refractivity contribution in [3.63, 3.8) is 0 Å². The highest BCUT2D eigenvalue weighted by Gasteiger charge is 2.10. The highest BCUT2D eigenvalue weighted by atomic mass is 32.1. The van der Waals surface area contributed by atoms with E-state index in [1.54, 1.807) is 29.7 Å². The van der Waals surface area contributed by atoms with Gasteiger partial charge in [0.1, 0.15) is 17.4 Å². The highest BCUT2D eigenvalue weighted by Crippen LogP contribution is 2.19. The van der Waals surface area contributed by atoms with Gasteiger partial charge in [-0.2, -0.15) is 0 Å². The maximum atomic E-state index is 10.5. The maximum absolute atomic E-state index is 10.5. The fourth-order valence-electron chi connectivity index (χ4n) is 1.88. The third-order valence-corrected chi connectivity index (χ3v) is 3.86. The molecule has 0 aliphatic rings. The minimum absolute atomic E-state index is 0.0651. The summed E-state index contributed by atoms with van der Waals surface area (Å²) < 4.78 is 5.55. The number of nitro groups is 1. The first kappa shape index (κ1) is 15.4. The molecule has 21 heavy (non-hydrogen) atoms. The maximum Gasteiger partial charge on any atom is 0.269 e. The van der Waals surface area contributed by atoms with E-state index in [1.807, 2.05) is 5.38 Å². The molecule has 112 valence electrons. The Hall–Kier alpha value is -1.99. The fraction of sp³-hybridized carbons (Fsp3) is 0.357. The van der Waals surface area contributed by atoms with Crippen LogP contribution in [0.5, 0.6) is 5.75 Å². The van der Waals surface area contributed by atoms with Crippen LogP contribution in [0.3, 0.4) is 0 Å². The Morgan fingerprint density at radius 3 is 2.76 bits per heavy atom. The lowest BCUT2D eigenvalue weighted by atomic mass is 10.2. The molecule has 7 heteroatoms. The molecule has 1 aromatic carbocycles. The highest BCUT2D eigenvalue weighted by molar-refractivity contribution is 7.09. The molecule has 1 heterocycles. The van der Waals surface area contributed by atoms with Gasteiger partial charge in [0, 0.05) is 30.3 Å². The van der Waals surface area contributed by atoms with Gasteiger partial charge in [0.05, 0.1) is 11.0 Å². The van der Waals surface area contributed by atoms with E-state index in [0.717, 1.165) is 11.4 Å². The van der Waals surface area contributed by atoms with Crippen molar-refractivity contribution in [2.24, 2.45) is 0 Å². The quantitative estimate of drug-likeness (QED) is 0.460. The molecule has 0 spiro atoms. The van der Waals surface area contributed by atoms with Crippen molar-refractivity contribution in [2.75, 3.05) is 13.2 Å². The second-order valence-corrected chi connectivity index (χ2v) is 5.31. The number of thiazole rings is 1. The van der Waals surface area contributed by atoms with Gasteiger partial charge >= 0.3 is 0 Å². The summed E-state index contributed by atoms with van der Waals surface area (Å²) >= 11 is 1.64. The van der Waals surface area contributed by atoms with E-state index < -0.39 is 4.92 Å². The largest absolute Gasteiger partial charge is 0.492 e. The zero-order valence-corrected chi connectivity index (χ0v) is 12.5. The minimum Gasteiger partial charge on any atom is -0.492 e. The molecule has 0 radical (unpaired) electrons. The number of nitro benzene ring substituents is 1. The average Bonchev–Trinajstić information content (AvgIpc) is 3.02. The van der Waals surface area contributed by atoms with E-state index >= 15 is 0 Å². The van der Waals surface area contributed by atoms with Crippen LogP contribution in [0.25, 0.3) is 0 Å². The fourth-order valence-corrected chi connectivity index (χ4v) is 2.68. The molecule has 1 N–H and O–H groups in total. The second-order valence-electron chi connectivity index (χ2n) is 4.38. The average molecular weight is 307 g/mol. The van der Waals surface area contributed by atoms with E-state index in [1.165, 1.54) is 12.1 Å². The summed E-state index contributed by atoms with van der Waals surface area (Å²) in [5.74, 6) is 0.629. The van der Waals surface area contributed by atoms with E-state index in [4.69, 9.17) is 4.74 Å². The number of non-ortho nitro benzene ring substituents is 1. The van der Waals surface area contributed by atoms with Crippen molar-refractivity contribution in [3.05, 3.63) is 51.0 Å². The number of ether oxygens (including phenoxy) is 1. The number of aromatic nitrogens is 1. The first-order chi connectivity index (χ1) is 10.2. The van der Waals surface area contributed by atoms with Crippen LogP contribution >= 0.6 is 11.3 Å². The van der Waals surface area contributed by atoms with Gasteiger partial charge in [-0.1, -0.05) is 6.92 Å². The van der Waals surface area contributed by atoms with Gasteiger partial charge in [0.2, 0.25) is 0 Å². The number of nitrogens with one attached hydrogen (secondary N) is 1. The van der Waals surface area contributed by atoms with Crippen molar-refractivity contribution in [1.29, 1.82) is 0 Å². The minimum atomic E-state index is -0.425. The third-order valence-electron chi connectivity index (χ3n) is 2.97. The van der Waals surface area contributed by atoms with Crippen molar-refractivity contribution in [2.45, 2.75) is 19.4 Å². The van der Waals surface area contributed by atoms with E-state index in [2.05, 4.69) is 17.2 Å². The normalized spacial score (nSPS) is 12.0. The Kier molecular flexibility index (Phi) is 5.65. The van der Waals surface area contributed by atoms with Gasteiger partial charge in [-0.25, -0.2) is 4.98 Å². The Bertz CT molecular complexity index is 557. The molecular weight excluding hydrogens is 290 g/mol. The molecule has 0 aliphatic heterocycles. The topological polar surface area (TPSA) is 77.3 Å². The number of hydrogen-bond donors (Lipinski definition) is 1. The molecule has 0 bridgehead atoms. The molecule has 0 fully saturated rings. The van der Waals surface area contributed by atoms with E-state index in [-0.39, 0.29) is 11.7 Å². The standard InChI is InChI=1S/C14H17N3O3S/c1-2-13(14-16-8-10-21-14)15-7-9-20-12-5-3-11(4-6-12)17(18)19/h3-6,8,10,13,15H,2,7,9H2,1H3. The first-order valence-electron chi connectivity index (χ1n) is 6.70. The lowest BCUT2D eigenvalue weighted by Gasteiger charge is -2.14. The number of nitrogens with zero attached hydrogens (tertiary/aromatic N) is 2. The van der Waals surface area contributed by atoms with Crippen LogP contribution in [0.1, 0.15) is 24.4 Å². The molecule has 2 rings (SSSR count). The summed E-state index contributed by atoms with van der Waals surface area (Å²) in [6.45, 7) is 3.30. The molecular formula is C14H17N3O3S. The second kappa shape index (κ2) is 7.70. The van der Waals surface area contributed by atoms with Gasteiger partial charge in [-0.05, 0) is 18.6 Å². The lowest BCUT2D eigenvalue weighted by molar-refractivity contribution is -0.384. The summed E-state index contributed by atoms with van der Waals surface area (Å²) in [4.78, 5) is 14.4. The molecule has 1 atom stereocenters. The Morgan fingerprint density at radius 2 is 2.19 bits per heavy atom. The van der Waals surface area contributed by atoms with Crippen molar-refractivity contribution in [3.8, 4) is 5.75 Å². The van der Waals surface area contributed by atoms with Crippen LogP contribution in [0.4, 0.5) is 5.69 Å². The van der Waals surface area contributed by atoms with Gasteiger partial charge in [-0.15, -0.1) is 11.3 Å². The molecule has 0 amide bonds. The van der Waals surface area contributed by atoms with Gasteiger partial charge < -0.3 is 10.1 Å². The lowest BCUT2D eigenvalue weighted by Crippen LogP contribution is -2.25. The van der Waals surface area contributed by atoms with Gasteiger partial charge in [0.15, 0.2) is 0 Å². The number of rotatable bonds is 8. The van der Waals surface area contributed by atoms with Crippen LogP contribution in [0, 0.1) is 10.1 Å². The molecule has 2 aromatic rings. The van der Waals surface area contributed by atoms with Crippen LogP contribution in [-0.4, -0.2) is 23.1 Å². The number of benzene rings is 1. The molecule has 0 aliphatic carbocycles. The zero-order valence-electron chi connectivity index (χ0n) is 11.7. The van der Waals surface area contributed by atoms with Crippen molar-refractivity contribution < 1.29 is 9.66 Å². The monoisotopic (exact) mass is 307 g/mol. The van der Waals surface area contributed by atoms with Crippen molar-refractivity contribution >= 4 is 17.0 Å².